The minimum Gasteiger partial charge on any atom is -0.472 e. The molecule has 0 aliphatic carbocycles. The lowest BCUT2D eigenvalue weighted by atomic mass is 10.2. The second-order valence-electron chi connectivity index (χ2n) is 3.44. The summed E-state index contributed by atoms with van der Waals surface area (Å²) < 4.78 is 4.90. The maximum absolute atomic E-state index is 11.7. The van der Waals surface area contributed by atoms with Crippen LogP contribution in [-0.4, -0.2) is 5.91 Å². The monoisotopic (exact) mass is 216 g/mol. The van der Waals surface area contributed by atoms with Gasteiger partial charge in [0.25, 0.3) is 5.91 Å². The Bertz CT molecular complexity index is 460. The second kappa shape index (κ2) is 4.53. The minimum absolute atomic E-state index is 0.124. The number of carbonyl (C=O) groups is 1. The van der Waals surface area contributed by atoms with Crippen molar-refractivity contribution in [3.63, 3.8) is 0 Å². The molecule has 0 aliphatic rings. The van der Waals surface area contributed by atoms with Gasteiger partial charge in [0.05, 0.1) is 12.5 Å². The van der Waals surface area contributed by atoms with E-state index < -0.39 is 0 Å². The van der Waals surface area contributed by atoms with Gasteiger partial charge in [-0.1, -0.05) is 0 Å². The van der Waals surface area contributed by atoms with E-state index in [0.717, 1.165) is 5.56 Å². The zero-order valence-electron chi connectivity index (χ0n) is 8.64. The van der Waals surface area contributed by atoms with Gasteiger partial charge in [0.2, 0.25) is 0 Å². The highest BCUT2D eigenvalue weighted by Gasteiger charge is 2.04. The maximum atomic E-state index is 11.7. The number of furan rings is 1. The summed E-state index contributed by atoms with van der Waals surface area (Å²) in [4.78, 5) is 11.7. The first-order valence-electron chi connectivity index (χ1n) is 4.90. The lowest BCUT2D eigenvalue weighted by molar-refractivity contribution is 0.0951. The molecule has 1 heterocycles. The minimum atomic E-state index is -0.124. The third-order valence-electron chi connectivity index (χ3n) is 2.21. The van der Waals surface area contributed by atoms with Gasteiger partial charge in [-0.3, -0.25) is 4.79 Å². The fourth-order valence-corrected chi connectivity index (χ4v) is 1.31. The van der Waals surface area contributed by atoms with Gasteiger partial charge in [0, 0.05) is 23.4 Å². The first kappa shape index (κ1) is 10.3. The van der Waals surface area contributed by atoms with Crippen molar-refractivity contribution < 1.29 is 9.21 Å². The summed E-state index contributed by atoms with van der Waals surface area (Å²) in [6.45, 7) is 0.458. The van der Waals surface area contributed by atoms with Gasteiger partial charge < -0.3 is 15.5 Å². The molecular weight excluding hydrogens is 204 g/mol. The van der Waals surface area contributed by atoms with Crippen LogP contribution in [-0.2, 0) is 6.54 Å². The average molecular weight is 216 g/mol. The summed E-state index contributed by atoms with van der Waals surface area (Å²) in [7, 11) is 0. The van der Waals surface area contributed by atoms with E-state index in [2.05, 4.69) is 5.32 Å². The molecule has 0 bridgehead atoms. The van der Waals surface area contributed by atoms with Crippen LogP contribution in [0.5, 0.6) is 0 Å². The van der Waals surface area contributed by atoms with Crippen molar-refractivity contribution in [1.82, 2.24) is 5.32 Å². The number of anilines is 1. The Morgan fingerprint density at radius 2 is 2.00 bits per heavy atom. The average Bonchev–Trinajstić information content (AvgIpc) is 2.80. The molecule has 0 radical (unpaired) electrons. The van der Waals surface area contributed by atoms with Gasteiger partial charge in [0.15, 0.2) is 0 Å². The van der Waals surface area contributed by atoms with Gasteiger partial charge in [0.1, 0.15) is 0 Å². The van der Waals surface area contributed by atoms with Gasteiger partial charge in [-0.05, 0) is 30.3 Å². The number of nitrogens with one attached hydrogen (secondary N) is 1. The molecule has 0 aliphatic heterocycles. The van der Waals surface area contributed by atoms with Crippen molar-refractivity contribution in [3.05, 3.63) is 54.0 Å². The predicted molar refractivity (Wildman–Crippen MR) is 60.7 cm³/mol. The van der Waals surface area contributed by atoms with Crippen molar-refractivity contribution >= 4 is 11.6 Å². The molecule has 4 nitrogen and oxygen atoms in total. The number of amides is 1. The molecule has 1 aromatic heterocycles. The molecule has 2 rings (SSSR count). The molecule has 0 spiro atoms. The Labute approximate surface area is 93.1 Å². The van der Waals surface area contributed by atoms with Crippen molar-refractivity contribution in [2.75, 3.05) is 5.73 Å². The highest BCUT2D eigenvalue weighted by molar-refractivity contribution is 5.94. The molecule has 0 saturated heterocycles. The highest BCUT2D eigenvalue weighted by atomic mass is 16.3. The van der Waals surface area contributed by atoms with Crippen molar-refractivity contribution in [2.45, 2.75) is 6.54 Å². The molecule has 4 heteroatoms. The molecule has 0 fully saturated rings. The zero-order valence-corrected chi connectivity index (χ0v) is 8.64. The van der Waals surface area contributed by atoms with E-state index in [-0.39, 0.29) is 5.91 Å². The Morgan fingerprint density at radius 1 is 1.25 bits per heavy atom. The molecule has 16 heavy (non-hydrogen) atoms. The van der Waals surface area contributed by atoms with E-state index in [1.165, 1.54) is 0 Å². The summed E-state index contributed by atoms with van der Waals surface area (Å²) >= 11 is 0. The van der Waals surface area contributed by atoms with Gasteiger partial charge in [-0.25, -0.2) is 0 Å². The van der Waals surface area contributed by atoms with E-state index in [0.29, 0.717) is 17.8 Å². The Hall–Kier alpha value is -2.23. The molecule has 0 saturated carbocycles. The van der Waals surface area contributed by atoms with Crippen LogP contribution < -0.4 is 11.1 Å². The van der Waals surface area contributed by atoms with Crippen LogP contribution in [0.4, 0.5) is 5.69 Å². The van der Waals surface area contributed by atoms with E-state index in [1.54, 1.807) is 36.8 Å². The van der Waals surface area contributed by atoms with Crippen LogP contribution in [0.15, 0.2) is 47.3 Å². The van der Waals surface area contributed by atoms with Crippen LogP contribution in [0.25, 0.3) is 0 Å². The number of hydrogen-bond acceptors (Lipinski definition) is 3. The quantitative estimate of drug-likeness (QED) is 0.768. The lowest BCUT2D eigenvalue weighted by Crippen LogP contribution is -2.22. The van der Waals surface area contributed by atoms with Crippen LogP contribution in [0.3, 0.4) is 0 Å². The van der Waals surface area contributed by atoms with Gasteiger partial charge in [-0.2, -0.15) is 0 Å². The molecule has 0 atom stereocenters. The van der Waals surface area contributed by atoms with E-state index in [1.807, 2.05) is 6.07 Å². The van der Waals surface area contributed by atoms with Crippen LogP contribution in [0.2, 0.25) is 0 Å². The standard InChI is InChI=1S/C12H12N2O2/c13-11-3-1-10(2-4-11)12(15)14-7-9-5-6-16-8-9/h1-6,8H,7,13H2,(H,14,15). The normalized spacial score (nSPS) is 10.0. The molecule has 1 amide bonds. The third-order valence-corrected chi connectivity index (χ3v) is 2.21. The molecule has 1 aromatic carbocycles. The molecule has 2 aromatic rings. The van der Waals surface area contributed by atoms with Gasteiger partial charge >= 0.3 is 0 Å². The summed E-state index contributed by atoms with van der Waals surface area (Å²) in [6, 6.07) is 8.60. The topological polar surface area (TPSA) is 68.3 Å². The van der Waals surface area contributed by atoms with E-state index >= 15 is 0 Å². The Balaban J connectivity index is 1.95. The van der Waals surface area contributed by atoms with Gasteiger partial charge in [-0.15, -0.1) is 0 Å². The van der Waals surface area contributed by atoms with E-state index in [9.17, 15) is 4.79 Å². The molecule has 0 unspecified atom stereocenters. The van der Waals surface area contributed by atoms with Crippen molar-refractivity contribution in [1.29, 1.82) is 0 Å². The summed E-state index contributed by atoms with van der Waals surface area (Å²) in [5.74, 6) is -0.124. The first-order valence-corrected chi connectivity index (χ1v) is 4.90. The fourth-order valence-electron chi connectivity index (χ4n) is 1.31. The lowest BCUT2D eigenvalue weighted by Gasteiger charge is -2.03. The number of benzene rings is 1. The van der Waals surface area contributed by atoms with E-state index in [4.69, 9.17) is 10.2 Å². The molecular formula is C12H12N2O2. The predicted octanol–water partition coefficient (Wildman–Crippen LogP) is 1.79. The second-order valence-corrected chi connectivity index (χ2v) is 3.44. The molecule has 82 valence electrons. The number of nitrogens with two attached hydrogens (primary N) is 1. The zero-order chi connectivity index (χ0) is 11.4. The van der Waals surface area contributed by atoms with Crippen molar-refractivity contribution in [3.8, 4) is 0 Å². The van der Waals surface area contributed by atoms with Crippen LogP contribution in [0.1, 0.15) is 15.9 Å². The Kier molecular flexibility index (Phi) is 2.91. The Morgan fingerprint density at radius 3 is 2.62 bits per heavy atom. The maximum Gasteiger partial charge on any atom is 0.251 e. The number of nitrogen functional groups attached to an aromatic ring is 1. The summed E-state index contributed by atoms with van der Waals surface area (Å²) in [5.41, 5.74) is 7.71. The number of carbonyl (C=O) groups excluding carboxylic acids is 1. The first-order chi connectivity index (χ1) is 7.75. The summed E-state index contributed by atoms with van der Waals surface area (Å²) in [5, 5.41) is 2.78. The summed E-state index contributed by atoms with van der Waals surface area (Å²) in [6.07, 6.45) is 3.17. The third kappa shape index (κ3) is 2.42. The smallest absolute Gasteiger partial charge is 0.251 e. The number of hydrogen-bond donors (Lipinski definition) is 2. The van der Waals surface area contributed by atoms with Crippen LogP contribution >= 0.6 is 0 Å². The molecule has 3 N–H and O–H groups in total. The SMILES string of the molecule is Nc1ccc(C(=O)NCc2ccoc2)cc1. The largest absolute Gasteiger partial charge is 0.472 e. The number of rotatable bonds is 3. The fraction of sp³-hybridized carbons (Fsp3) is 0.0833. The highest BCUT2D eigenvalue weighted by Crippen LogP contribution is 2.06. The van der Waals surface area contributed by atoms with Crippen LogP contribution in [0, 0.1) is 0 Å². The van der Waals surface area contributed by atoms with Crippen molar-refractivity contribution in [2.24, 2.45) is 0 Å².